The Balaban J connectivity index is 0.00000180. The van der Waals surface area contributed by atoms with Gasteiger partial charge in [0.25, 0.3) is 5.91 Å². The highest BCUT2D eigenvalue weighted by Gasteiger charge is 2.27. The van der Waals surface area contributed by atoms with E-state index in [-0.39, 0.29) is 29.1 Å². The van der Waals surface area contributed by atoms with Gasteiger partial charge in [0.05, 0.1) is 23.3 Å². The normalized spacial score (nSPS) is 18.9. The maximum absolute atomic E-state index is 13.6. The topological polar surface area (TPSA) is 55.6 Å². The first-order valence-corrected chi connectivity index (χ1v) is 6.06. The number of ether oxygens (including phenoxy) is 1. The van der Waals surface area contributed by atoms with Gasteiger partial charge in [-0.05, 0) is 12.1 Å². The van der Waals surface area contributed by atoms with Crippen molar-refractivity contribution in [2.45, 2.75) is 6.10 Å². The van der Waals surface area contributed by atoms with Crippen LogP contribution in [0.25, 0.3) is 0 Å². The lowest BCUT2D eigenvalue weighted by atomic mass is 10.1. The average Bonchev–Trinajstić information content (AvgIpc) is 2.38. The van der Waals surface area contributed by atoms with E-state index in [2.05, 4.69) is 0 Å². The second-order valence-electron chi connectivity index (χ2n) is 4.08. The maximum atomic E-state index is 13.6. The SMILES string of the molecule is Cl.NCC1CN(C(=O)c2c(F)cccc2Cl)CCO1. The summed E-state index contributed by atoms with van der Waals surface area (Å²) in [6.07, 6.45) is -0.201. The van der Waals surface area contributed by atoms with E-state index in [1.165, 1.54) is 23.1 Å². The average molecular weight is 309 g/mol. The lowest BCUT2D eigenvalue weighted by Gasteiger charge is -2.32. The zero-order chi connectivity index (χ0) is 13.1. The molecule has 7 heteroatoms. The number of rotatable bonds is 2. The lowest BCUT2D eigenvalue weighted by molar-refractivity contribution is -0.0169. The molecule has 1 aliphatic heterocycles. The van der Waals surface area contributed by atoms with E-state index >= 15 is 0 Å². The Morgan fingerprint density at radius 1 is 1.58 bits per heavy atom. The molecule has 1 unspecified atom stereocenters. The number of nitrogens with zero attached hydrogens (tertiary/aromatic N) is 1. The highest BCUT2D eigenvalue weighted by molar-refractivity contribution is 6.33. The third-order valence-corrected chi connectivity index (χ3v) is 3.18. The van der Waals surface area contributed by atoms with Gasteiger partial charge in [0.1, 0.15) is 5.82 Å². The van der Waals surface area contributed by atoms with Crippen LogP contribution in [0.15, 0.2) is 18.2 Å². The van der Waals surface area contributed by atoms with Gasteiger partial charge < -0.3 is 15.4 Å². The Hall–Kier alpha value is -0.880. The molecule has 4 nitrogen and oxygen atoms in total. The van der Waals surface area contributed by atoms with Crippen molar-refractivity contribution in [3.05, 3.63) is 34.6 Å². The van der Waals surface area contributed by atoms with Gasteiger partial charge in [-0.3, -0.25) is 4.79 Å². The van der Waals surface area contributed by atoms with Crippen molar-refractivity contribution in [2.75, 3.05) is 26.2 Å². The second-order valence-corrected chi connectivity index (χ2v) is 4.48. The largest absolute Gasteiger partial charge is 0.373 e. The number of halogens is 3. The van der Waals surface area contributed by atoms with Crippen molar-refractivity contribution >= 4 is 29.9 Å². The summed E-state index contributed by atoms with van der Waals surface area (Å²) in [5, 5.41) is 0.121. The van der Waals surface area contributed by atoms with E-state index < -0.39 is 11.7 Å². The third kappa shape index (κ3) is 3.57. The number of carbonyl (C=O) groups excluding carboxylic acids is 1. The molecule has 1 fully saturated rings. The highest BCUT2D eigenvalue weighted by Crippen LogP contribution is 2.21. The van der Waals surface area contributed by atoms with Crippen LogP contribution in [0, 0.1) is 5.82 Å². The zero-order valence-corrected chi connectivity index (χ0v) is 11.7. The molecule has 1 amide bonds. The molecular formula is C12H15Cl2FN2O2. The van der Waals surface area contributed by atoms with E-state index in [9.17, 15) is 9.18 Å². The highest BCUT2D eigenvalue weighted by atomic mass is 35.5. The first-order valence-electron chi connectivity index (χ1n) is 5.68. The summed E-state index contributed by atoms with van der Waals surface area (Å²) in [5.74, 6) is -1.02. The number of amides is 1. The van der Waals surface area contributed by atoms with Gasteiger partial charge in [-0.15, -0.1) is 12.4 Å². The van der Waals surface area contributed by atoms with Crippen molar-refractivity contribution in [3.63, 3.8) is 0 Å². The molecule has 0 spiro atoms. The van der Waals surface area contributed by atoms with Crippen LogP contribution in [0.4, 0.5) is 4.39 Å². The van der Waals surface area contributed by atoms with Crippen molar-refractivity contribution in [1.82, 2.24) is 4.90 Å². The minimum Gasteiger partial charge on any atom is -0.373 e. The Kier molecular flexibility index (Phi) is 6.00. The molecule has 0 radical (unpaired) electrons. The summed E-state index contributed by atoms with van der Waals surface area (Å²) < 4.78 is 19.0. The fourth-order valence-electron chi connectivity index (χ4n) is 1.91. The summed E-state index contributed by atoms with van der Waals surface area (Å²) in [6.45, 7) is 1.51. The zero-order valence-electron chi connectivity index (χ0n) is 10.1. The van der Waals surface area contributed by atoms with Crippen molar-refractivity contribution in [2.24, 2.45) is 5.73 Å². The van der Waals surface area contributed by atoms with E-state index in [1.807, 2.05) is 0 Å². The molecule has 2 N–H and O–H groups in total. The molecule has 2 rings (SSSR count). The van der Waals surface area contributed by atoms with Gasteiger partial charge in [0, 0.05) is 19.6 Å². The van der Waals surface area contributed by atoms with Crippen LogP contribution >= 0.6 is 24.0 Å². The van der Waals surface area contributed by atoms with Crippen LogP contribution < -0.4 is 5.73 Å². The molecule has 1 aromatic carbocycles. The first kappa shape index (κ1) is 16.2. The molecule has 0 aliphatic carbocycles. The Bertz CT molecular complexity index is 439. The minimum absolute atomic E-state index is 0. The molecule has 1 aliphatic rings. The molecule has 1 atom stereocenters. The maximum Gasteiger partial charge on any atom is 0.258 e. The van der Waals surface area contributed by atoms with Gasteiger partial charge in [0.2, 0.25) is 0 Å². The Morgan fingerprint density at radius 2 is 2.32 bits per heavy atom. The van der Waals surface area contributed by atoms with Crippen LogP contribution in [-0.2, 0) is 4.74 Å². The molecule has 1 saturated heterocycles. The number of morpholine rings is 1. The molecular weight excluding hydrogens is 294 g/mol. The fourth-order valence-corrected chi connectivity index (χ4v) is 2.15. The predicted molar refractivity (Wildman–Crippen MR) is 73.4 cm³/mol. The number of hydrogen-bond donors (Lipinski definition) is 1. The number of hydrogen-bond acceptors (Lipinski definition) is 3. The quantitative estimate of drug-likeness (QED) is 0.905. The molecule has 106 valence electrons. The minimum atomic E-state index is -0.608. The van der Waals surface area contributed by atoms with Gasteiger partial charge in [-0.25, -0.2) is 4.39 Å². The standard InChI is InChI=1S/C12H14ClFN2O2.ClH/c13-9-2-1-3-10(14)11(9)12(17)16-4-5-18-8(6-15)7-16;/h1-3,8H,4-7,15H2;1H. The summed E-state index contributed by atoms with van der Waals surface area (Å²) in [7, 11) is 0. The molecule has 0 saturated carbocycles. The summed E-state index contributed by atoms with van der Waals surface area (Å²) >= 11 is 5.87. The van der Waals surface area contributed by atoms with Crippen LogP contribution in [-0.4, -0.2) is 43.2 Å². The van der Waals surface area contributed by atoms with Crippen molar-refractivity contribution in [3.8, 4) is 0 Å². The van der Waals surface area contributed by atoms with Gasteiger partial charge >= 0.3 is 0 Å². The molecule has 19 heavy (non-hydrogen) atoms. The lowest BCUT2D eigenvalue weighted by Crippen LogP contribution is -2.48. The molecule has 1 aromatic rings. The van der Waals surface area contributed by atoms with Gasteiger partial charge in [0.15, 0.2) is 0 Å². The van der Waals surface area contributed by atoms with Gasteiger partial charge in [-0.1, -0.05) is 17.7 Å². The summed E-state index contributed by atoms with van der Waals surface area (Å²) in [5.41, 5.74) is 5.41. The van der Waals surface area contributed by atoms with Crippen LogP contribution in [0.2, 0.25) is 5.02 Å². The van der Waals surface area contributed by atoms with E-state index in [0.29, 0.717) is 26.2 Å². The molecule has 1 heterocycles. The van der Waals surface area contributed by atoms with Crippen LogP contribution in [0.5, 0.6) is 0 Å². The predicted octanol–water partition coefficient (Wildman–Crippen LogP) is 1.70. The first-order chi connectivity index (χ1) is 8.63. The van der Waals surface area contributed by atoms with E-state index in [1.54, 1.807) is 0 Å². The fraction of sp³-hybridized carbons (Fsp3) is 0.417. The monoisotopic (exact) mass is 308 g/mol. The van der Waals surface area contributed by atoms with Crippen molar-refractivity contribution < 1.29 is 13.9 Å². The second kappa shape index (κ2) is 7.05. The number of benzene rings is 1. The smallest absolute Gasteiger partial charge is 0.258 e. The Labute approximate surface area is 122 Å². The van der Waals surface area contributed by atoms with Gasteiger partial charge in [-0.2, -0.15) is 0 Å². The number of carbonyl (C=O) groups is 1. The molecule has 0 bridgehead atoms. The van der Waals surface area contributed by atoms with Crippen molar-refractivity contribution in [1.29, 1.82) is 0 Å². The third-order valence-electron chi connectivity index (χ3n) is 2.87. The Morgan fingerprint density at radius 3 is 2.95 bits per heavy atom. The number of nitrogens with two attached hydrogens (primary N) is 1. The van der Waals surface area contributed by atoms with E-state index in [4.69, 9.17) is 22.1 Å². The van der Waals surface area contributed by atoms with Crippen LogP contribution in [0.3, 0.4) is 0 Å². The summed E-state index contributed by atoms with van der Waals surface area (Å²) in [4.78, 5) is 13.7. The van der Waals surface area contributed by atoms with Crippen LogP contribution in [0.1, 0.15) is 10.4 Å². The molecule has 0 aromatic heterocycles. The van der Waals surface area contributed by atoms with E-state index in [0.717, 1.165) is 0 Å². The summed E-state index contributed by atoms with van der Waals surface area (Å²) in [6, 6.07) is 4.19.